The van der Waals surface area contributed by atoms with Gasteiger partial charge in [0.2, 0.25) is 0 Å². The number of nitrogens with zero attached hydrogens (tertiary/aromatic N) is 7. The first kappa shape index (κ1) is 19.7. The Morgan fingerprint density at radius 2 is 2.20 bits per heavy atom. The van der Waals surface area contributed by atoms with Crippen molar-refractivity contribution >= 4 is 22.9 Å². The SMILES string of the molecule is [N-]=[N+]=NCO[C@H]1C[C@@H](n2cnc3c(NC(=O)c4ccccc4)ncnc32)O[C@H]1CO. The molecule has 0 aliphatic carbocycles. The standard InChI is InChI=1S/C18H18N8O4/c19-25-23-10-29-12-6-14(30-13(12)7-27)26-9-22-15-16(20-8-21-17(15)26)24-18(28)11-4-2-1-3-5-11/h1-5,8-9,12-14,27H,6-7,10H2,(H,20,21,24,28)/t12-,13-,14-/m0/s1. The number of imidazole rings is 1. The lowest BCUT2D eigenvalue weighted by molar-refractivity contribution is -0.0594. The highest BCUT2D eigenvalue weighted by Crippen LogP contribution is 2.33. The molecule has 1 fully saturated rings. The van der Waals surface area contributed by atoms with E-state index in [-0.39, 0.29) is 25.1 Å². The van der Waals surface area contributed by atoms with Crippen LogP contribution in [-0.2, 0) is 9.47 Å². The molecule has 2 aromatic heterocycles. The first-order chi connectivity index (χ1) is 14.7. The van der Waals surface area contributed by atoms with Gasteiger partial charge in [-0.2, -0.15) is 0 Å². The van der Waals surface area contributed by atoms with Crippen LogP contribution in [0, 0.1) is 0 Å². The number of nitrogens with one attached hydrogen (secondary N) is 1. The lowest BCUT2D eigenvalue weighted by Gasteiger charge is -2.15. The van der Waals surface area contributed by atoms with Crippen molar-refractivity contribution in [2.75, 3.05) is 18.7 Å². The molecular weight excluding hydrogens is 392 g/mol. The number of rotatable bonds is 7. The van der Waals surface area contributed by atoms with Gasteiger partial charge in [-0.1, -0.05) is 23.3 Å². The van der Waals surface area contributed by atoms with Gasteiger partial charge in [-0.05, 0) is 17.7 Å². The predicted molar refractivity (Wildman–Crippen MR) is 104 cm³/mol. The zero-order valence-corrected chi connectivity index (χ0v) is 15.7. The van der Waals surface area contributed by atoms with Gasteiger partial charge in [0, 0.05) is 16.9 Å². The van der Waals surface area contributed by atoms with Crippen molar-refractivity contribution in [2.45, 2.75) is 24.9 Å². The second kappa shape index (κ2) is 8.84. The highest BCUT2D eigenvalue weighted by molar-refractivity contribution is 6.06. The maximum atomic E-state index is 12.5. The number of amides is 1. The molecule has 1 aromatic carbocycles. The molecule has 1 saturated heterocycles. The van der Waals surface area contributed by atoms with Gasteiger partial charge in [0.15, 0.2) is 17.0 Å². The highest BCUT2D eigenvalue weighted by Gasteiger charge is 2.37. The van der Waals surface area contributed by atoms with Crippen molar-refractivity contribution < 1.29 is 19.4 Å². The largest absolute Gasteiger partial charge is 0.394 e. The zero-order valence-electron chi connectivity index (χ0n) is 15.7. The molecule has 154 valence electrons. The van der Waals surface area contributed by atoms with Crippen molar-refractivity contribution in [2.24, 2.45) is 5.11 Å². The summed E-state index contributed by atoms with van der Waals surface area (Å²) >= 11 is 0. The molecule has 3 heterocycles. The molecule has 1 amide bonds. The minimum Gasteiger partial charge on any atom is -0.394 e. The number of anilines is 1. The molecule has 1 aliphatic heterocycles. The van der Waals surface area contributed by atoms with Crippen molar-refractivity contribution in [3.63, 3.8) is 0 Å². The van der Waals surface area contributed by atoms with Crippen LogP contribution in [0.2, 0.25) is 0 Å². The number of hydrogen-bond donors (Lipinski definition) is 2. The lowest BCUT2D eigenvalue weighted by atomic mass is 10.2. The van der Waals surface area contributed by atoms with Gasteiger partial charge in [-0.3, -0.25) is 9.36 Å². The smallest absolute Gasteiger partial charge is 0.256 e. The summed E-state index contributed by atoms with van der Waals surface area (Å²) in [4.78, 5) is 27.8. The molecule has 0 bridgehead atoms. The molecule has 0 radical (unpaired) electrons. The van der Waals surface area contributed by atoms with Gasteiger partial charge in [0.05, 0.1) is 19.0 Å². The molecule has 0 spiro atoms. The van der Waals surface area contributed by atoms with Gasteiger partial charge in [0.1, 0.15) is 25.4 Å². The van der Waals surface area contributed by atoms with Gasteiger partial charge in [-0.15, -0.1) is 0 Å². The number of ether oxygens (including phenoxy) is 2. The minimum atomic E-state index is -0.583. The van der Waals surface area contributed by atoms with Crippen LogP contribution >= 0.6 is 0 Å². The first-order valence-corrected chi connectivity index (χ1v) is 9.14. The Labute approximate surface area is 170 Å². The van der Waals surface area contributed by atoms with Gasteiger partial charge in [0.25, 0.3) is 5.91 Å². The molecule has 3 atom stereocenters. The molecule has 0 unspecified atom stereocenters. The van der Waals surface area contributed by atoms with E-state index in [1.165, 1.54) is 12.7 Å². The summed E-state index contributed by atoms with van der Waals surface area (Å²) in [6.45, 7) is -0.409. The molecule has 30 heavy (non-hydrogen) atoms. The lowest BCUT2D eigenvalue weighted by Crippen LogP contribution is -2.27. The third-order valence-corrected chi connectivity index (χ3v) is 4.71. The van der Waals surface area contributed by atoms with Crippen LogP contribution in [-0.4, -0.2) is 56.1 Å². The fraction of sp³-hybridized carbons (Fsp3) is 0.333. The number of fused-ring (bicyclic) bond motifs is 1. The Morgan fingerprint density at radius 3 is 2.97 bits per heavy atom. The van der Waals surface area contributed by atoms with Crippen molar-refractivity contribution in [1.82, 2.24) is 19.5 Å². The summed E-state index contributed by atoms with van der Waals surface area (Å²) in [7, 11) is 0. The Morgan fingerprint density at radius 1 is 1.37 bits per heavy atom. The van der Waals surface area contributed by atoms with E-state index in [0.29, 0.717) is 23.1 Å². The Kier molecular flexibility index (Phi) is 5.82. The van der Waals surface area contributed by atoms with Gasteiger partial charge < -0.3 is 19.9 Å². The molecule has 0 saturated carbocycles. The summed E-state index contributed by atoms with van der Waals surface area (Å²) in [6.07, 6.45) is 1.72. The van der Waals surface area contributed by atoms with E-state index in [9.17, 15) is 9.90 Å². The third kappa shape index (κ3) is 3.93. The number of benzene rings is 1. The van der Waals surface area contributed by atoms with Crippen LogP contribution in [0.15, 0.2) is 48.1 Å². The molecule has 12 heteroatoms. The van der Waals surface area contributed by atoms with E-state index in [1.54, 1.807) is 28.8 Å². The molecular formula is C18H18N8O4. The number of carbonyl (C=O) groups excluding carboxylic acids is 1. The quantitative estimate of drug-likeness (QED) is 0.342. The third-order valence-electron chi connectivity index (χ3n) is 4.71. The van der Waals surface area contributed by atoms with Crippen molar-refractivity contribution in [3.05, 3.63) is 59.0 Å². The summed E-state index contributed by atoms with van der Waals surface area (Å²) in [6, 6.07) is 8.77. The van der Waals surface area contributed by atoms with Crippen LogP contribution in [0.3, 0.4) is 0 Å². The maximum Gasteiger partial charge on any atom is 0.256 e. The van der Waals surface area contributed by atoms with Crippen LogP contribution < -0.4 is 5.32 Å². The Balaban J connectivity index is 1.56. The highest BCUT2D eigenvalue weighted by atomic mass is 16.6. The van der Waals surface area contributed by atoms with Crippen molar-refractivity contribution in [1.29, 1.82) is 0 Å². The normalized spacial score (nSPS) is 20.8. The summed E-state index contributed by atoms with van der Waals surface area (Å²) in [5.74, 6) is -0.0328. The molecule has 4 rings (SSSR count). The Bertz CT molecular complexity index is 1080. The minimum absolute atomic E-state index is 0.156. The van der Waals surface area contributed by atoms with Crippen LogP contribution in [0.4, 0.5) is 5.82 Å². The predicted octanol–water partition coefficient (Wildman–Crippen LogP) is 2.01. The fourth-order valence-corrected chi connectivity index (χ4v) is 3.29. The van der Waals surface area contributed by atoms with Crippen molar-refractivity contribution in [3.8, 4) is 0 Å². The number of aliphatic hydroxyl groups excluding tert-OH is 1. The molecule has 1 aliphatic rings. The van der Waals surface area contributed by atoms with E-state index in [2.05, 4.69) is 30.3 Å². The summed E-state index contributed by atoms with van der Waals surface area (Å²) in [5.41, 5.74) is 9.75. The number of aliphatic hydroxyl groups is 1. The topological polar surface area (TPSA) is 160 Å². The summed E-state index contributed by atoms with van der Waals surface area (Å²) < 4.78 is 13.0. The first-order valence-electron chi connectivity index (χ1n) is 9.14. The number of azide groups is 1. The van der Waals surface area contributed by atoms with E-state index in [0.717, 1.165) is 0 Å². The molecule has 3 aromatic rings. The van der Waals surface area contributed by atoms with Crippen LogP contribution in [0.5, 0.6) is 0 Å². The Hall–Kier alpha value is -3.57. The monoisotopic (exact) mass is 410 g/mol. The summed E-state index contributed by atoms with van der Waals surface area (Å²) in [5, 5.41) is 15.7. The average molecular weight is 410 g/mol. The zero-order chi connectivity index (χ0) is 20.9. The second-order valence-electron chi connectivity index (χ2n) is 6.48. The van der Waals surface area contributed by atoms with E-state index >= 15 is 0 Å². The van der Waals surface area contributed by atoms with E-state index in [1.807, 2.05) is 6.07 Å². The average Bonchev–Trinajstić information content (AvgIpc) is 3.39. The maximum absolute atomic E-state index is 12.5. The number of aromatic nitrogens is 4. The molecule has 12 nitrogen and oxygen atoms in total. The van der Waals surface area contributed by atoms with Crippen LogP contribution in [0.25, 0.3) is 21.6 Å². The van der Waals surface area contributed by atoms with E-state index < -0.39 is 18.4 Å². The number of carbonyl (C=O) groups is 1. The fourth-order valence-electron chi connectivity index (χ4n) is 3.29. The van der Waals surface area contributed by atoms with E-state index in [4.69, 9.17) is 15.0 Å². The number of hydrogen-bond acceptors (Lipinski definition) is 8. The van der Waals surface area contributed by atoms with Gasteiger partial charge in [-0.25, -0.2) is 15.0 Å². The second-order valence-corrected chi connectivity index (χ2v) is 6.48. The molecule has 2 N–H and O–H groups in total. The van der Waals surface area contributed by atoms with Crippen LogP contribution in [0.1, 0.15) is 23.0 Å². The van der Waals surface area contributed by atoms with Gasteiger partial charge >= 0.3 is 0 Å².